The second kappa shape index (κ2) is 7.98. The Morgan fingerprint density at radius 3 is 2.57 bits per heavy atom. The fourth-order valence-electron chi connectivity index (χ4n) is 3.50. The maximum Gasteiger partial charge on any atom is 0.276 e. The van der Waals surface area contributed by atoms with E-state index < -0.39 is 0 Å². The summed E-state index contributed by atoms with van der Waals surface area (Å²) in [6.07, 6.45) is 2.12. The van der Waals surface area contributed by atoms with Crippen LogP contribution in [0.15, 0.2) is 47.1 Å². The van der Waals surface area contributed by atoms with E-state index >= 15 is 0 Å². The Morgan fingerprint density at radius 2 is 1.89 bits per heavy atom. The van der Waals surface area contributed by atoms with E-state index in [1.54, 1.807) is 6.07 Å². The van der Waals surface area contributed by atoms with E-state index in [0.717, 1.165) is 37.4 Å². The van der Waals surface area contributed by atoms with E-state index in [0.29, 0.717) is 24.5 Å². The van der Waals surface area contributed by atoms with Crippen LogP contribution in [0.2, 0.25) is 0 Å². The largest absolute Gasteiger partial charge is 0.355 e. The zero-order valence-electron chi connectivity index (χ0n) is 16.3. The minimum atomic E-state index is -0.0689. The Hall–Kier alpha value is -2.93. The van der Waals surface area contributed by atoms with Gasteiger partial charge in [0.05, 0.1) is 5.69 Å². The fourth-order valence-corrected chi connectivity index (χ4v) is 3.50. The van der Waals surface area contributed by atoms with Crippen LogP contribution < -0.4 is 0 Å². The maximum atomic E-state index is 12.8. The average molecular weight is 379 g/mol. The predicted molar refractivity (Wildman–Crippen MR) is 106 cm³/mol. The number of carbonyl (C=O) groups excluding carboxylic acids is 1. The summed E-state index contributed by atoms with van der Waals surface area (Å²) in [4.78, 5) is 17.0. The normalized spacial score (nSPS) is 15.1. The monoisotopic (exact) mass is 379 g/mol. The molecule has 7 nitrogen and oxygen atoms in total. The van der Waals surface area contributed by atoms with Gasteiger partial charge >= 0.3 is 0 Å². The van der Waals surface area contributed by atoms with Crippen molar-refractivity contribution in [1.82, 2.24) is 24.7 Å². The third kappa shape index (κ3) is 3.84. The molecule has 1 aliphatic rings. The van der Waals surface area contributed by atoms with Gasteiger partial charge in [-0.25, -0.2) is 0 Å². The van der Waals surface area contributed by atoms with E-state index in [9.17, 15) is 4.79 Å². The highest BCUT2D eigenvalue weighted by molar-refractivity contribution is 5.93. The topological polar surface area (TPSA) is 67.4 Å². The van der Waals surface area contributed by atoms with Crippen molar-refractivity contribution in [3.05, 3.63) is 59.5 Å². The van der Waals surface area contributed by atoms with E-state index in [4.69, 9.17) is 4.52 Å². The summed E-state index contributed by atoms with van der Waals surface area (Å²) in [5.41, 5.74) is 3.62. The molecule has 7 heteroatoms. The van der Waals surface area contributed by atoms with E-state index in [2.05, 4.69) is 35.2 Å². The highest BCUT2D eigenvalue weighted by Gasteiger charge is 2.25. The molecule has 1 saturated heterocycles. The molecule has 0 N–H and O–H groups in total. The van der Waals surface area contributed by atoms with Crippen LogP contribution in [0, 0.1) is 6.92 Å². The number of aryl methyl sites for hydroxylation is 2. The SMILES string of the molecule is CCn1cc(CN2CCN(C(=O)c3cc(-c4ccccc4)on3)CC2)c(C)n1. The number of rotatable bonds is 5. The number of carbonyl (C=O) groups is 1. The molecule has 0 atom stereocenters. The molecule has 3 heterocycles. The van der Waals surface area contributed by atoms with Crippen molar-refractivity contribution in [3.8, 4) is 11.3 Å². The average Bonchev–Trinajstić information content (AvgIpc) is 3.36. The number of benzene rings is 1. The fraction of sp³-hybridized carbons (Fsp3) is 0.381. The molecule has 0 bridgehead atoms. The molecule has 1 aromatic carbocycles. The molecule has 28 heavy (non-hydrogen) atoms. The molecule has 1 aliphatic heterocycles. The highest BCUT2D eigenvalue weighted by Crippen LogP contribution is 2.21. The van der Waals surface area contributed by atoms with Crippen LogP contribution >= 0.6 is 0 Å². The van der Waals surface area contributed by atoms with Gasteiger partial charge in [-0.2, -0.15) is 5.10 Å². The molecule has 0 radical (unpaired) electrons. The standard InChI is InChI=1S/C21H25N5O2/c1-3-26-15-18(16(2)22-26)14-24-9-11-25(12-10-24)21(27)19-13-20(28-23-19)17-7-5-4-6-8-17/h4-8,13,15H,3,9-12,14H2,1-2H3. The molecule has 1 fully saturated rings. The Balaban J connectivity index is 1.35. The first-order valence-electron chi connectivity index (χ1n) is 9.70. The minimum Gasteiger partial charge on any atom is -0.355 e. The van der Waals surface area contributed by atoms with Crippen molar-refractivity contribution >= 4 is 5.91 Å². The van der Waals surface area contributed by atoms with Crippen LogP contribution in [0.3, 0.4) is 0 Å². The summed E-state index contributed by atoms with van der Waals surface area (Å²) in [5.74, 6) is 0.548. The van der Waals surface area contributed by atoms with E-state index in [1.165, 1.54) is 5.56 Å². The van der Waals surface area contributed by atoms with Crippen molar-refractivity contribution in [3.63, 3.8) is 0 Å². The molecule has 146 valence electrons. The van der Waals surface area contributed by atoms with Gasteiger partial charge in [0, 0.05) is 62.7 Å². The van der Waals surface area contributed by atoms with E-state index in [-0.39, 0.29) is 5.91 Å². The van der Waals surface area contributed by atoms with Crippen molar-refractivity contribution in [2.24, 2.45) is 0 Å². The zero-order chi connectivity index (χ0) is 19.5. The third-order valence-electron chi connectivity index (χ3n) is 5.21. The summed E-state index contributed by atoms with van der Waals surface area (Å²) >= 11 is 0. The van der Waals surface area contributed by atoms with Crippen LogP contribution in [0.25, 0.3) is 11.3 Å². The summed E-state index contributed by atoms with van der Waals surface area (Å²) in [5, 5.41) is 8.50. The van der Waals surface area contributed by atoms with Crippen molar-refractivity contribution in [1.29, 1.82) is 0 Å². The molecule has 2 aromatic heterocycles. The highest BCUT2D eigenvalue weighted by atomic mass is 16.5. The number of hydrogen-bond acceptors (Lipinski definition) is 5. The lowest BCUT2D eigenvalue weighted by atomic mass is 10.1. The quantitative estimate of drug-likeness (QED) is 0.682. The molecular weight excluding hydrogens is 354 g/mol. The number of aromatic nitrogens is 3. The molecule has 0 saturated carbocycles. The lowest BCUT2D eigenvalue weighted by Crippen LogP contribution is -2.48. The van der Waals surface area contributed by atoms with Gasteiger partial charge in [-0.3, -0.25) is 14.4 Å². The van der Waals surface area contributed by atoms with Crippen LogP contribution in [0.1, 0.15) is 28.7 Å². The lowest BCUT2D eigenvalue weighted by Gasteiger charge is -2.34. The van der Waals surface area contributed by atoms with Gasteiger partial charge < -0.3 is 9.42 Å². The molecular formula is C21H25N5O2. The molecule has 0 unspecified atom stereocenters. The van der Waals surface area contributed by atoms with Crippen molar-refractivity contribution in [2.45, 2.75) is 26.9 Å². The first-order chi connectivity index (χ1) is 13.6. The van der Waals surface area contributed by atoms with Crippen molar-refractivity contribution < 1.29 is 9.32 Å². The van der Waals surface area contributed by atoms with Gasteiger partial charge in [0.25, 0.3) is 5.91 Å². The van der Waals surface area contributed by atoms with Gasteiger partial charge in [0.2, 0.25) is 0 Å². The first-order valence-corrected chi connectivity index (χ1v) is 9.70. The molecule has 4 rings (SSSR count). The van der Waals surface area contributed by atoms with Crippen LogP contribution in [-0.4, -0.2) is 56.8 Å². The summed E-state index contributed by atoms with van der Waals surface area (Å²) in [6.45, 7) is 8.95. The molecule has 1 amide bonds. The van der Waals surface area contributed by atoms with E-state index in [1.807, 2.05) is 39.9 Å². The maximum absolute atomic E-state index is 12.8. The summed E-state index contributed by atoms with van der Waals surface area (Å²) < 4.78 is 7.34. The number of hydrogen-bond donors (Lipinski definition) is 0. The summed E-state index contributed by atoms with van der Waals surface area (Å²) in [6, 6.07) is 11.4. The Labute approximate surface area is 164 Å². The van der Waals surface area contributed by atoms with Gasteiger partial charge in [-0.1, -0.05) is 35.5 Å². The lowest BCUT2D eigenvalue weighted by molar-refractivity contribution is 0.0618. The number of amides is 1. The second-order valence-electron chi connectivity index (χ2n) is 7.11. The predicted octanol–water partition coefficient (Wildman–Crippen LogP) is 2.82. The van der Waals surface area contributed by atoms with Crippen LogP contribution in [0.4, 0.5) is 0 Å². The number of piperazine rings is 1. The number of nitrogens with zero attached hydrogens (tertiary/aromatic N) is 5. The minimum absolute atomic E-state index is 0.0689. The zero-order valence-corrected chi connectivity index (χ0v) is 16.3. The van der Waals surface area contributed by atoms with Gasteiger partial charge in [0.1, 0.15) is 0 Å². The van der Waals surface area contributed by atoms with Crippen molar-refractivity contribution in [2.75, 3.05) is 26.2 Å². The van der Waals surface area contributed by atoms with Gasteiger partial charge in [0.15, 0.2) is 11.5 Å². The Bertz CT molecular complexity index is 939. The summed E-state index contributed by atoms with van der Waals surface area (Å²) in [7, 11) is 0. The first kappa shape index (κ1) is 18.4. The molecule has 0 spiro atoms. The van der Waals surface area contributed by atoms with Gasteiger partial charge in [-0.15, -0.1) is 0 Å². The van der Waals surface area contributed by atoms with Crippen LogP contribution in [-0.2, 0) is 13.1 Å². The smallest absolute Gasteiger partial charge is 0.276 e. The van der Waals surface area contributed by atoms with Gasteiger partial charge in [-0.05, 0) is 13.8 Å². The Kier molecular flexibility index (Phi) is 5.25. The second-order valence-corrected chi connectivity index (χ2v) is 7.11. The third-order valence-corrected chi connectivity index (χ3v) is 5.21. The molecule has 0 aliphatic carbocycles. The van der Waals surface area contributed by atoms with Crippen LogP contribution in [0.5, 0.6) is 0 Å². The Morgan fingerprint density at radius 1 is 1.14 bits per heavy atom. The molecule has 3 aromatic rings.